The number of piperidine rings is 1. The van der Waals surface area contributed by atoms with E-state index in [9.17, 15) is 0 Å². The van der Waals surface area contributed by atoms with Crippen molar-refractivity contribution in [3.8, 4) is 6.01 Å². The minimum Gasteiger partial charge on any atom is -0.460 e. The maximum absolute atomic E-state index is 5.90. The first kappa shape index (κ1) is 14.8. The van der Waals surface area contributed by atoms with Gasteiger partial charge in [-0.3, -0.25) is 0 Å². The molecule has 0 atom stereocenters. The standard InChI is InChI=1S/C17H27N3O/c1-14-11-18-17(19-12-14)21-16-7-9-20(10-8-16)13-15-5-3-2-4-6-15/h11-12,15-16H,2-10,13H2,1H3. The summed E-state index contributed by atoms with van der Waals surface area (Å²) < 4.78 is 5.90. The fraction of sp³-hybridized carbons (Fsp3) is 0.765. The van der Waals surface area contributed by atoms with Crippen molar-refractivity contribution in [3.05, 3.63) is 18.0 Å². The maximum Gasteiger partial charge on any atom is 0.316 e. The molecule has 2 heterocycles. The van der Waals surface area contributed by atoms with Crippen LogP contribution in [-0.2, 0) is 0 Å². The Balaban J connectivity index is 1.41. The van der Waals surface area contributed by atoms with Gasteiger partial charge in [-0.05, 0) is 44.1 Å². The molecular formula is C17H27N3O. The number of aromatic nitrogens is 2. The molecule has 1 saturated heterocycles. The molecule has 1 aromatic rings. The zero-order chi connectivity index (χ0) is 14.5. The van der Waals surface area contributed by atoms with Crippen molar-refractivity contribution in [1.29, 1.82) is 0 Å². The van der Waals surface area contributed by atoms with Gasteiger partial charge in [-0.15, -0.1) is 0 Å². The molecule has 0 N–H and O–H groups in total. The summed E-state index contributed by atoms with van der Waals surface area (Å²) in [4.78, 5) is 11.1. The Morgan fingerprint density at radius 3 is 2.38 bits per heavy atom. The van der Waals surface area contributed by atoms with E-state index >= 15 is 0 Å². The number of likely N-dealkylation sites (tertiary alicyclic amines) is 1. The first-order chi connectivity index (χ1) is 10.3. The number of hydrogen-bond acceptors (Lipinski definition) is 4. The van der Waals surface area contributed by atoms with Crippen LogP contribution in [0.4, 0.5) is 0 Å². The topological polar surface area (TPSA) is 38.2 Å². The van der Waals surface area contributed by atoms with Crippen molar-refractivity contribution in [2.45, 2.75) is 58.0 Å². The molecule has 1 aliphatic carbocycles. The largest absolute Gasteiger partial charge is 0.460 e. The zero-order valence-corrected chi connectivity index (χ0v) is 13.1. The van der Waals surface area contributed by atoms with Crippen LogP contribution in [-0.4, -0.2) is 40.6 Å². The van der Waals surface area contributed by atoms with Crippen LogP contribution in [0.15, 0.2) is 12.4 Å². The van der Waals surface area contributed by atoms with Crippen molar-refractivity contribution in [2.24, 2.45) is 5.92 Å². The molecule has 21 heavy (non-hydrogen) atoms. The third kappa shape index (κ3) is 4.40. The van der Waals surface area contributed by atoms with Crippen LogP contribution in [0.3, 0.4) is 0 Å². The third-order valence-electron chi connectivity index (χ3n) is 4.81. The molecule has 0 unspecified atom stereocenters. The number of aryl methyl sites for hydroxylation is 1. The van der Waals surface area contributed by atoms with Crippen LogP contribution in [0, 0.1) is 12.8 Å². The number of ether oxygens (including phenoxy) is 1. The summed E-state index contributed by atoms with van der Waals surface area (Å²) >= 11 is 0. The van der Waals surface area contributed by atoms with Crippen LogP contribution in [0.1, 0.15) is 50.5 Å². The first-order valence-corrected chi connectivity index (χ1v) is 8.47. The molecule has 2 fully saturated rings. The summed E-state index contributed by atoms with van der Waals surface area (Å²) in [7, 11) is 0. The predicted octanol–water partition coefficient (Wildman–Crippen LogP) is 3.21. The Bertz CT molecular complexity index is 420. The summed E-state index contributed by atoms with van der Waals surface area (Å²) in [5.74, 6) is 0.941. The summed E-state index contributed by atoms with van der Waals surface area (Å²) in [6.07, 6.45) is 13.3. The lowest BCUT2D eigenvalue weighted by atomic mass is 9.88. The smallest absolute Gasteiger partial charge is 0.316 e. The van der Waals surface area contributed by atoms with Gasteiger partial charge in [0.25, 0.3) is 0 Å². The molecule has 0 spiro atoms. The monoisotopic (exact) mass is 289 g/mol. The van der Waals surface area contributed by atoms with E-state index in [2.05, 4.69) is 14.9 Å². The van der Waals surface area contributed by atoms with Crippen molar-refractivity contribution >= 4 is 0 Å². The average Bonchev–Trinajstić information content (AvgIpc) is 2.53. The first-order valence-electron chi connectivity index (χ1n) is 8.47. The second-order valence-corrected chi connectivity index (χ2v) is 6.66. The highest BCUT2D eigenvalue weighted by atomic mass is 16.5. The van der Waals surface area contributed by atoms with E-state index in [1.165, 1.54) is 38.6 Å². The van der Waals surface area contributed by atoms with E-state index < -0.39 is 0 Å². The van der Waals surface area contributed by atoms with Crippen LogP contribution in [0.5, 0.6) is 6.01 Å². The highest BCUT2D eigenvalue weighted by Gasteiger charge is 2.24. The van der Waals surface area contributed by atoms with Gasteiger partial charge in [0.05, 0.1) is 0 Å². The minimum atomic E-state index is 0.287. The molecule has 4 nitrogen and oxygen atoms in total. The van der Waals surface area contributed by atoms with Gasteiger partial charge in [0.15, 0.2) is 0 Å². The molecule has 1 saturated carbocycles. The molecular weight excluding hydrogens is 262 g/mol. The Morgan fingerprint density at radius 1 is 1.05 bits per heavy atom. The molecule has 2 aliphatic rings. The lowest BCUT2D eigenvalue weighted by Crippen LogP contribution is -2.41. The maximum atomic E-state index is 5.90. The van der Waals surface area contributed by atoms with Gasteiger partial charge in [0.2, 0.25) is 0 Å². The molecule has 4 heteroatoms. The highest BCUT2D eigenvalue weighted by molar-refractivity contribution is 5.04. The van der Waals surface area contributed by atoms with Crippen LogP contribution in [0.25, 0.3) is 0 Å². The predicted molar refractivity (Wildman–Crippen MR) is 83.4 cm³/mol. The summed E-state index contributed by atoms with van der Waals surface area (Å²) in [5.41, 5.74) is 1.07. The molecule has 3 rings (SSSR count). The van der Waals surface area contributed by atoms with Gasteiger partial charge in [-0.2, -0.15) is 0 Å². The molecule has 116 valence electrons. The van der Waals surface area contributed by atoms with E-state index in [0.717, 1.165) is 37.4 Å². The van der Waals surface area contributed by atoms with Crippen molar-refractivity contribution < 1.29 is 4.74 Å². The molecule has 0 aromatic carbocycles. The van der Waals surface area contributed by atoms with E-state index in [4.69, 9.17) is 4.74 Å². The summed E-state index contributed by atoms with van der Waals surface area (Å²) in [6, 6.07) is 0.534. The summed E-state index contributed by atoms with van der Waals surface area (Å²) in [6.45, 7) is 5.61. The van der Waals surface area contributed by atoms with E-state index in [1.54, 1.807) is 0 Å². The van der Waals surface area contributed by atoms with Crippen molar-refractivity contribution in [1.82, 2.24) is 14.9 Å². The second-order valence-electron chi connectivity index (χ2n) is 6.66. The van der Waals surface area contributed by atoms with E-state index in [1.807, 2.05) is 19.3 Å². The fourth-order valence-electron chi connectivity index (χ4n) is 3.54. The van der Waals surface area contributed by atoms with Gasteiger partial charge >= 0.3 is 6.01 Å². The van der Waals surface area contributed by atoms with Gasteiger partial charge in [0, 0.05) is 32.0 Å². The third-order valence-corrected chi connectivity index (χ3v) is 4.81. The lowest BCUT2D eigenvalue weighted by molar-refractivity contribution is 0.0800. The second kappa shape index (κ2) is 7.21. The highest BCUT2D eigenvalue weighted by Crippen LogP contribution is 2.26. The van der Waals surface area contributed by atoms with E-state index in [0.29, 0.717) is 6.01 Å². The van der Waals surface area contributed by atoms with Crippen molar-refractivity contribution in [2.75, 3.05) is 19.6 Å². The molecule has 0 amide bonds. The zero-order valence-electron chi connectivity index (χ0n) is 13.1. The lowest BCUT2D eigenvalue weighted by Gasteiger charge is -2.35. The van der Waals surface area contributed by atoms with Gasteiger partial charge < -0.3 is 9.64 Å². The Hall–Kier alpha value is -1.16. The van der Waals surface area contributed by atoms with Crippen LogP contribution < -0.4 is 4.74 Å². The Labute approximate surface area is 127 Å². The van der Waals surface area contributed by atoms with Gasteiger partial charge in [0.1, 0.15) is 6.10 Å². The number of hydrogen-bond donors (Lipinski definition) is 0. The quantitative estimate of drug-likeness (QED) is 0.853. The van der Waals surface area contributed by atoms with Gasteiger partial charge in [-0.25, -0.2) is 9.97 Å². The SMILES string of the molecule is Cc1cnc(OC2CCN(CC3CCCCC3)CC2)nc1. The fourth-order valence-corrected chi connectivity index (χ4v) is 3.54. The molecule has 0 bridgehead atoms. The van der Waals surface area contributed by atoms with Crippen LogP contribution in [0.2, 0.25) is 0 Å². The Morgan fingerprint density at radius 2 is 1.71 bits per heavy atom. The van der Waals surface area contributed by atoms with Gasteiger partial charge in [-0.1, -0.05) is 19.3 Å². The number of nitrogens with zero attached hydrogens (tertiary/aromatic N) is 3. The molecule has 0 radical (unpaired) electrons. The van der Waals surface area contributed by atoms with Crippen molar-refractivity contribution in [3.63, 3.8) is 0 Å². The average molecular weight is 289 g/mol. The van der Waals surface area contributed by atoms with E-state index in [-0.39, 0.29) is 6.10 Å². The molecule has 1 aromatic heterocycles. The Kier molecular flexibility index (Phi) is 5.07. The van der Waals surface area contributed by atoms with Crippen LogP contribution >= 0.6 is 0 Å². The normalized spacial score (nSPS) is 22.3. The summed E-state index contributed by atoms with van der Waals surface area (Å²) in [5, 5.41) is 0. The molecule has 1 aliphatic heterocycles. The minimum absolute atomic E-state index is 0.287. The number of rotatable bonds is 4.